The van der Waals surface area contributed by atoms with Crippen molar-refractivity contribution in [2.75, 3.05) is 13.7 Å². The number of hydrogen-bond donors (Lipinski definition) is 0. The molecule has 0 N–H and O–H groups in total. The minimum Gasteiger partial charge on any atom is -0.496 e. The molecule has 3 aromatic rings. The van der Waals surface area contributed by atoms with Gasteiger partial charge in [0, 0.05) is 23.6 Å². The van der Waals surface area contributed by atoms with Gasteiger partial charge in [-0.2, -0.15) is 0 Å². The lowest BCUT2D eigenvalue weighted by molar-refractivity contribution is -0.135. The largest absolute Gasteiger partial charge is 0.496 e. The number of methoxy groups -OCH3 is 1. The van der Waals surface area contributed by atoms with Crippen molar-refractivity contribution in [3.05, 3.63) is 82.5 Å². The number of piperidine rings is 1. The Kier molecular flexibility index (Phi) is 6.38. The zero-order chi connectivity index (χ0) is 20.9. The first-order chi connectivity index (χ1) is 14.6. The first kappa shape index (κ1) is 20.5. The van der Waals surface area contributed by atoms with Gasteiger partial charge in [-0.1, -0.05) is 41.9 Å². The van der Waals surface area contributed by atoms with E-state index in [4.69, 9.17) is 20.8 Å². The van der Waals surface area contributed by atoms with Crippen LogP contribution in [0.1, 0.15) is 48.1 Å². The molecule has 0 aliphatic carbocycles. The summed E-state index contributed by atoms with van der Waals surface area (Å²) in [5, 5.41) is 0.711. The van der Waals surface area contributed by atoms with E-state index < -0.39 is 0 Å². The lowest BCUT2D eigenvalue weighted by Crippen LogP contribution is -2.39. The highest BCUT2D eigenvalue weighted by molar-refractivity contribution is 6.30. The maximum absolute atomic E-state index is 13.1. The third-order valence-corrected chi connectivity index (χ3v) is 5.76. The summed E-state index contributed by atoms with van der Waals surface area (Å²) in [5.41, 5.74) is 2.00. The second-order valence-corrected chi connectivity index (χ2v) is 7.99. The van der Waals surface area contributed by atoms with Crippen molar-refractivity contribution in [1.29, 1.82) is 0 Å². The average Bonchev–Trinajstić information content (AvgIpc) is 3.24. The normalized spacial score (nSPS) is 16.5. The number of oxazole rings is 1. The monoisotopic (exact) mass is 424 g/mol. The van der Waals surface area contributed by atoms with Crippen LogP contribution in [0.25, 0.3) is 0 Å². The number of carbonyl (C=O) groups is 1. The summed E-state index contributed by atoms with van der Waals surface area (Å²) < 4.78 is 11.5. The number of ether oxygens (including phenoxy) is 1. The fraction of sp³-hybridized carbons (Fsp3) is 0.333. The molecule has 1 aromatic heterocycles. The van der Waals surface area contributed by atoms with Gasteiger partial charge in [-0.25, -0.2) is 4.98 Å². The number of aromatic nitrogens is 1. The Hall–Kier alpha value is -2.79. The van der Waals surface area contributed by atoms with Crippen molar-refractivity contribution in [2.45, 2.75) is 38.1 Å². The summed E-state index contributed by atoms with van der Waals surface area (Å²) >= 11 is 5.96. The fourth-order valence-corrected chi connectivity index (χ4v) is 4.09. The van der Waals surface area contributed by atoms with Crippen molar-refractivity contribution in [2.24, 2.45) is 0 Å². The van der Waals surface area contributed by atoms with E-state index in [2.05, 4.69) is 4.98 Å². The standard InChI is InChI=1S/C24H25ClN2O3/c1-29-22-8-3-2-6-18(22)15-23(28)27-13-5-4-7-21(27)24-26-16-20(30-24)14-17-9-11-19(25)12-10-17/h2-3,6,8-12,16,21H,4-5,7,13-15H2,1H3. The summed E-state index contributed by atoms with van der Waals surface area (Å²) in [4.78, 5) is 19.6. The number of rotatable bonds is 6. The van der Waals surface area contributed by atoms with Crippen molar-refractivity contribution < 1.29 is 13.9 Å². The number of hydrogen-bond acceptors (Lipinski definition) is 4. The molecule has 1 aliphatic heterocycles. The van der Waals surface area contributed by atoms with Gasteiger partial charge in [-0.05, 0) is 43.0 Å². The highest BCUT2D eigenvalue weighted by Crippen LogP contribution is 2.32. The number of nitrogens with zero attached hydrogens (tertiary/aromatic N) is 2. The number of para-hydroxylation sites is 1. The van der Waals surface area contributed by atoms with Crippen LogP contribution in [0, 0.1) is 0 Å². The summed E-state index contributed by atoms with van der Waals surface area (Å²) in [6, 6.07) is 15.2. The Morgan fingerprint density at radius 3 is 2.80 bits per heavy atom. The van der Waals surface area contributed by atoms with Gasteiger partial charge in [-0.15, -0.1) is 0 Å². The van der Waals surface area contributed by atoms with Gasteiger partial charge >= 0.3 is 0 Å². The molecule has 0 saturated carbocycles. The van der Waals surface area contributed by atoms with E-state index in [1.807, 2.05) is 53.4 Å². The van der Waals surface area contributed by atoms with Crippen LogP contribution in [-0.4, -0.2) is 29.4 Å². The molecule has 30 heavy (non-hydrogen) atoms. The third kappa shape index (κ3) is 4.68. The molecule has 2 heterocycles. The predicted molar refractivity (Wildman–Crippen MR) is 116 cm³/mol. The molecule has 1 aliphatic rings. The summed E-state index contributed by atoms with van der Waals surface area (Å²) in [7, 11) is 1.63. The second-order valence-electron chi connectivity index (χ2n) is 7.56. The van der Waals surface area contributed by atoms with E-state index in [1.54, 1.807) is 13.3 Å². The highest BCUT2D eigenvalue weighted by atomic mass is 35.5. The summed E-state index contributed by atoms with van der Waals surface area (Å²) in [6.45, 7) is 0.716. The van der Waals surface area contributed by atoms with Crippen LogP contribution in [0.15, 0.2) is 59.1 Å². The van der Waals surface area contributed by atoms with Crippen molar-refractivity contribution in [1.82, 2.24) is 9.88 Å². The van der Waals surface area contributed by atoms with E-state index in [-0.39, 0.29) is 11.9 Å². The van der Waals surface area contributed by atoms with Crippen molar-refractivity contribution in [3.63, 3.8) is 0 Å². The Morgan fingerprint density at radius 1 is 1.20 bits per heavy atom. The van der Waals surface area contributed by atoms with Crippen LogP contribution >= 0.6 is 11.6 Å². The minimum atomic E-state index is -0.125. The van der Waals surface area contributed by atoms with Crippen LogP contribution < -0.4 is 4.74 Å². The van der Waals surface area contributed by atoms with E-state index in [0.29, 0.717) is 30.3 Å². The Bertz CT molecular complexity index is 1000. The van der Waals surface area contributed by atoms with E-state index >= 15 is 0 Å². The van der Waals surface area contributed by atoms with Crippen LogP contribution in [0.2, 0.25) is 5.02 Å². The van der Waals surface area contributed by atoms with Crippen LogP contribution in [0.4, 0.5) is 0 Å². The zero-order valence-electron chi connectivity index (χ0n) is 17.0. The van der Waals surface area contributed by atoms with Crippen molar-refractivity contribution >= 4 is 17.5 Å². The quantitative estimate of drug-likeness (QED) is 0.544. The molecular weight excluding hydrogens is 400 g/mol. The Balaban J connectivity index is 1.49. The number of benzene rings is 2. The number of likely N-dealkylation sites (tertiary alicyclic amines) is 1. The average molecular weight is 425 g/mol. The number of amides is 1. The molecule has 6 heteroatoms. The van der Waals surface area contributed by atoms with Gasteiger partial charge in [-0.3, -0.25) is 4.79 Å². The molecule has 1 atom stereocenters. The molecule has 1 unspecified atom stereocenters. The first-order valence-electron chi connectivity index (χ1n) is 10.2. The van der Waals surface area contributed by atoms with Crippen molar-refractivity contribution in [3.8, 4) is 5.75 Å². The van der Waals surface area contributed by atoms with E-state index in [1.165, 1.54) is 0 Å². The molecule has 2 aromatic carbocycles. The van der Waals surface area contributed by atoms with Gasteiger partial charge in [0.1, 0.15) is 17.6 Å². The maximum atomic E-state index is 13.1. The molecule has 4 rings (SSSR count). The smallest absolute Gasteiger partial charge is 0.227 e. The molecule has 1 fully saturated rings. The summed E-state index contributed by atoms with van der Waals surface area (Å²) in [5.74, 6) is 2.21. The molecular formula is C24H25ClN2O3. The highest BCUT2D eigenvalue weighted by Gasteiger charge is 2.31. The topological polar surface area (TPSA) is 55.6 Å². The third-order valence-electron chi connectivity index (χ3n) is 5.51. The molecule has 156 valence electrons. The maximum Gasteiger partial charge on any atom is 0.227 e. The molecule has 0 bridgehead atoms. The SMILES string of the molecule is COc1ccccc1CC(=O)N1CCCCC1c1ncc(Cc2ccc(Cl)cc2)o1. The summed E-state index contributed by atoms with van der Waals surface area (Å²) in [6.07, 6.45) is 5.62. The molecule has 0 spiro atoms. The predicted octanol–water partition coefficient (Wildman–Crippen LogP) is 5.22. The van der Waals surface area contributed by atoms with Gasteiger partial charge in [0.05, 0.1) is 19.7 Å². The second kappa shape index (κ2) is 9.35. The van der Waals surface area contributed by atoms with Gasteiger partial charge < -0.3 is 14.1 Å². The van der Waals surface area contributed by atoms with Crippen LogP contribution in [-0.2, 0) is 17.6 Å². The van der Waals surface area contributed by atoms with E-state index in [9.17, 15) is 4.79 Å². The number of carbonyl (C=O) groups excluding carboxylic acids is 1. The lowest BCUT2D eigenvalue weighted by atomic mass is 10.0. The minimum absolute atomic E-state index is 0.0710. The Morgan fingerprint density at radius 2 is 2.00 bits per heavy atom. The molecule has 1 saturated heterocycles. The molecule has 5 nitrogen and oxygen atoms in total. The Labute approximate surface area is 181 Å². The van der Waals surface area contributed by atoms with Gasteiger partial charge in [0.15, 0.2) is 0 Å². The van der Waals surface area contributed by atoms with Crippen LogP contribution in [0.5, 0.6) is 5.75 Å². The van der Waals surface area contributed by atoms with E-state index in [0.717, 1.165) is 41.9 Å². The number of halogens is 1. The first-order valence-corrected chi connectivity index (χ1v) is 10.6. The lowest BCUT2D eigenvalue weighted by Gasteiger charge is -2.34. The zero-order valence-corrected chi connectivity index (χ0v) is 17.8. The van der Waals surface area contributed by atoms with Crippen LogP contribution in [0.3, 0.4) is 0 Å². The molecule has 0 radical (unpaired) electrons. The van der Waals surface area contributed by atoms with Gasteiger partial charge in [0.2, 0.25) is 11.8 Å². The van der Waals surface area contributed by atoms with Gasteiger partial charge in [0.25, 0.3) is 0 Å². The fourth-order valence-electron chi connectivity index (χ4n) is 3.96. The molecule has 1 amide bonds.